The van der Waals surface area contributed by atoms with Crippen LogP contribution in [0, 0.1) is 5.41 Å². The zero-order valence-electron chi connectivity index (χ0n) is 10.00. The van der Waals surface area contributed by atoms with Gasteiger partial charge in [0.25, 0.3) is 0 Å². The van der Waals surface area contributed by atoms with Crippen molar-refractivity contribution in [1.82, 2.24) is 4.98 Å². The van der Waals surface area contributed by atoms with Gasteiger partial charge in [0, 0.05) is 13.3 Å². The standard InChI is InChI=1S/C9H11N3O2.C2H6.H2/c1-5(10)7-6(9(13)14-2)3-4-12-8(7)11;1-2;/h3-4,10H,1-2H3,(H2,11,12);1-2H3;1H. The summed E-state index contributed by atoms with van der Waals surface area (Å²) < 4.78 is 4.56. The first-order valence-electron chi connectivity index (χ1n) is 4.96. The van der Waals surface area contributed by atoms with Gasteiger partial charge in [0.05, 0.1) is 18.2 Å². The third kappa shape index (κ3) is 3.05. The summed E-state index contributed by atoms with van der Waals surface area (Å²) in [5, 5.41) is 7.46. The summed E-state index contributed by atoms with van der Waals surface area (Å²) in [4.78, 5) is 15.1. The molecule has 0 aromatic carbocycles. The molecule has 0 aliphatic carbocycles. The van der Waals surface area contributed by atoms with E-state index in [4.69, 9.17) is 11.1 Å². The molecule has 1 heterocycles. The lowest BCUT2D eigenvalue weighted by Gasteiger charge is -2.07. The van der Waals surface area contributed by atoms with Crippen molar-refractivity contribution in [2.45, 2.75) is 20.8 Å². The maximum absolute atomic E-state index is 11.3. The van der Waals surface area contributed by atoms with Crippen LogP contribution in [-0.2, 0) is 4.74 Å². The number of anilines is 1. The average molecular weight is 225 g/mol. The highest BCUT2D eigenvalue weighted by Gasteiger charge is 2.15. The van der Waals surface area contributed by atoms with Gasteiger partial charge in [0.15, 0.2) is 0 Å². The van der Waals surface area contributed by atoms with Gasteiger partial charge >= 0.3 is 5.97 Å². The number of nitrogens with one attached hydrogen (secondary N) is 1. The Kier molecular flexibility index (Phi) is 5.77. The van der Waals surface area contributed by atoms with Crippen LogP contribution in [-0.4, -0.2) is 23.8 Å². The smallest absolute Gasteiger partial charge is 0.338 e. The van der Waals surface area contributed by atoms with E-state index < -0.39 is 5.97 Å². The topological polar surface area (TPSA) is 89.1 Å². The van der Waals surface area contributed by atoms with Crippen LogP contribution in [0.3, 0.4) is 0 Å². The maximum atomic E-state index is 11.3. The normalized spacial score (nSPS) is 8.75. The number of esters is 1. The Balaban J connectivity index is 0. The van der Waals surface area contributed by atoms with Gasteiger partial charge in [0.2, 0.25) is 0 Å². The van der Waals surface area contributed by atoms with Crippen LogP contribution in [0.1, 0.15) is 38.1 Å². The second-order valence-electron chi connectivity index (χ2n) is 2.74. The van der Waals surface area contributed by atoms with E-state index in [9.17, 15) is 4.79 Å². The number of aromatic nitrogens is 1. The molecule has 1 aromatic heterocycles. The summed E-state index contributed by atoms with van der Waals surface area (Å²) in [6.45, 7) is 5.54. The lowest BCUT2D eigenvalue weighted by atomic mass is 10.1. The minimum absolute atomic E-state index is 0. The van der Waals surface area contributed by atoms with Crippen molar-refractivity contribution >= 4 is 17.5 Å². The number of hydrogen-bond donors (Lipinski definition) is 2. The number of rotatable bonds is 2. The van der Waals surface area contributed by atoms with Crippen LogP contribution >= 0.6 is 0 Å². The molecule has 16 heavy (non-hydrogen) atoms. The highest BCUT2D eigenvalue weighted by molar-refractivity contribution is 6.09. The first-order valence-corrected chi connectivity index (χ1v) is 4.96. The molecule has 0 spiro atoms. The molecule has 5 heteroatoms. The van der Waals surface area contributed by atoms with Gasteiger partial charge in [0.1, 0.15) is 5.82 Å². The van der Waals surface area contributed by atoms with E-state index in [2.05, 4.69) is 9.72 Å². The summed E-state index contributed by atoms with van der Waals surface area (Å²) in [6.07, 6.45) is 1.41. The zero-order valence-corrected chi connectivity index (χ0v) is 10.00. The van der Waals surface area contributed by atoms with Crippen molar-refractivity contribution in [2.75, 3.05) is 12.8 Å². The Labute approximate surface area is 96.6 Å². The van der Waals surface area contributed by atoms with Crippen molar-refractivity contribution in [1.29, 1.82) is 5.41 Å². The molecule has 0 bridgehead atoms. The van der Waals surface area contributed by atoms with E-state index in [0.717, 1.165) is 0 Å². The highest BCUT2D eigenvalue weighted by atomic mass is 16.5. The van der Waals surface area contributed by atoms with Crippen molar-refractivity contribution in [3.05, 3.63) is 23.4 Å². The van der Waals surface area contributed by atoms with E-state index in [1.165, 1.54) is 19.4 Å². The Hall–Kier alpha value is -1.91. The molecule has 0 saturated carbocycles. The summed E-state index contributed by atoms with van der Waals surface area (Å²) in [5.41, 5.74) is 6.35. The van der Waals surface area contributed by atoms with Gasteiger partial charge in [-0.25, -0.2) is 9.78 Å². The highest BCUT2D eigenvalue weighted by Crippen LogP contribution is 2.15. The predicted molar refractivity (Wildman–Crippen MR) is 66.0 cm³/mol. The first-order chi connectivity index (χ1) is 7.57. The molecule has 0 unspecified atom stereocenters. The summed E-state index contributed by atoms with van der Waals surface area (Å²) in [5.74, 6) is -0.346. The number of pyridine rings is 1. The fourth-order valence-electron chi connectivity index (χ4n) is 1.15. The molecule has 90 valence electrons. The number of nitrogen functional groups attached to an aromatic ring is 1. The molecular formula is C11H19N3O2. The molecule has 0 atom stereocenters. The Bertz CT molecular complexity index is 394. The van der Waals surface area contributed by atoms with E-state index in [0.29, 0.717) is 5.56 Å². The van der Waals surface area contributed by atoms with Crippen LogP contribution in [0.4, 0.5) is 5.82 Å². The van der Waals surface area contributed by atoms with E-state index in [-0.39, 0.29) is 18.5 Å². The van der Waals surface area contributed by atoms with Gasteiger partial charge in [-0.3, -0.25) is 0 Å². The largest absolute Gasteiger partial charge is 0.465 e. The van der Waals surface area contributed by atoms with Gasteiger partial charge in [-0.1, -0.05) is 13.8 Å². The number of ether oxygens (including phenoxy) is 1. The van der Waals surface area contributed by atoms with Crippen molar-refractivity contribution < 1.29 is 11.0 Å². The first kappa shape index (κ1) is 14.1. The molecule has 0 aliphatic rings. The second kappa shape index (κ2) is 6.55. The molecule has 1 aromatic rings. The summed E-state index contributed by atoms with van der Waals surface area (Å²) in [6, 6.07) is 1.48. The fraction of sp³-hybridized carbons (Fsp3) is 0.364. The third-order valence-electron chi connectivity index (χ3n) is 1.76. The molecule has 0 aliphatic heterocycles. The SMILES string of the molecule is CC.COC(=O)c1ccnc(N)c1C(C)=N.[HH]. The number of hydrogen-bond acceptors (Lipinski definition) is 5. The summed E-state index contributed by atoms with van der Waals surface area (Å²) >= 11 is 0. The van der Waals surface area contributed by atoms with Crippen LogP contribution < -0.4 is 5.73 Å². The second-order valence-corrected chi connectivity index (χ2v) is 2.74. The molecule has 0 fully saturated rings. The van der Waals surface area contributed by atoms with Crippen molar-refractivity contribution in [2.24, 2.45) is 0 Å². The Morgan fingerprint density at radius 2 is 2.12 bits per heavy atom. The quantitative estimate of drug-likeness (QED) is 0.596. The van der Waals surface area contributed by atoms with Gasteiger partial charge in [-0.2, -0.15) is 0 Å². The lowest BCUT2D eigenvalue weighted by molar-refractivity contribution is 0.0600. The van der Waals surface area contributed by atoms with Crippen molar-refractivity contribution in [3.8, 4) is 0 Å². The lowest BCUT2D eigenvalue weighted by Crippen LogP contribution is -2.12. The van der Waals surface area contributed by atoms with E-state index in [1.54, 1.807) is 6.92 Å². The fourth-order valence-corrected chi connectivity index (χ4v) is 1.15. The minimum Gasteiger partial charge on any atom is -0.465 e. The Morgan fingerprint density at radius 3 is 2.56 bits per heavy atom. The molecule has 3 N–H and O–H groups in total. The third-order valence-corrected chi connectivity index (χ3v) is 1.76. The van der Waals surface area contributed by atoms with Gasteiger partial charge < -0.3 is 15.9 Å². The molecule has 0 saturated heterocycles. The zero-order chi connectivity index (χ0) is 12.7. The Morgan fingerprint density at radius 1 is 1.56 bits per heavy atom. The monoisotopic (exact) mass is 225 g/mol. The average Bonchev–Trinajstić information content (AvgIpc) is 2.29. The number of nitrogens with two attached hydrogens (primary N) is 1. The summed E-state index contributed by atoms with van der Waals surface area (Å²) in [7, 11) is 1.28. The number of carbonyl (C=O) groups excluding carboxylic acids is 1. The van der Waals surface area contributed by atoms with Crippen molar-refractivity contribution in [3.63, 3.8) is 0 Å². The molecule has 0 radical (unpaired) electrons. The van der Waals surface area contributed by atoms with Gasteiger partial charge in [-0.05, 0) is 13.0 Å². The molecular weight excluding hydrogens is 206 g/mol. The number of nitrogens with zero attached hydrogens (tertiary/aromatic N) is 1. The minimum atomic E-state index is -0.513. The van der Waals surface area contributed by atoms with E-state index in [1.807, 2.05) is 13.8 Å². The van der Waals surface area contributed by atoms with Gasteiger partial charge in [-0.15, -0.1) is 0 Å². The van der Waals surface area contributed by atoms with Crippen LogP contribution in [0.15, 0.2) is 12.3 Å². The maximum Gasteiger partial charge on any atom is 0.338 e. The van der Waals surface area contributed by atoms with Crippen LogP contribution in [0.25, 0.3) is 0 Å². The predicted octanol–water partition coefficient (Wildman–Crippen LogP) is 2.11. The molecule has 0 amide bonds. The molecule has 1 rings (SSSR count). The molecule has 5 nitrogen and oxygen atoms in total. The van der Waals surface area contributed by atoms with E-state index >= 15 is 0 Å². The van der Waals surface area contributed by atoms with Crippen LogP contribution in [0.2, 0.25) is 0 Å². The number of methoxy groups -OCH3 is 1. The van der Waals surface area contributed by atoms with Crippen LogP contribution in [0.5, 0.6) is 0 Å². The number of carbonyl (C=O) groups is 1.